The summed E-state index contributed by atoms with van der Waals surface area (Å²) in [4.78, 5) is 36.2. The average molecular weight is 237 g/mol. The molecule has 7 nitrogen and oxygen atoms in total. The molecule has 0 aliphatic carbocycles. The zero-order chi connectivity index (χ0) is 12.8. The zero-order valence-corrected chi connectivity index (χ0v) is 8.79. The molecule has 1 aromatic rings. The number of anilines is 1. The molecule has 0 unspecified atom stereocenters. The summed E-state index contributed by atoms with van der Waals surface area (Å²) in [5, 5.41) is 10.8. The second-order valence-electron chi connectivity index (χ2n) is 3.29. The molecular weight excluding hydrogens is 226 g/mol. The Labute approximate surface area is 96.6 Å². The number of nitrogens with one attached hydrogen (secondary N) is 1. The molecule has 90 valence electrons. The molecule has 0 spiro atoms. The van der Waals surface area contributed by atoms with E-state index in [1.807, 2.05) is 0 Å². The number of aliphatic carboxylic acids is 1. The molecule has 7 heteroatoms. The third kappa shape index (κ3) is 3.90. The third-order valence-electron chi connectivity index (χ3n) is 1.92. The Morgan fingerprint density at radius 2 is 2.24 bits per heavy atom. The Morgan fingerprint density at radius 3 is 2.71 bits per heavy atom. The number of hydrogen-bond acceptors (Lipinski definition) is 5. The Kier molecular flexibility index (Phi) is 4.15. The lowest BCUT2D eigenvalue weighted by Crippen LogP contribution is -2.37. The summed E-state index contributed by atoms with van der Waals surface area (Å²) >= 11 is 0. The van der Waals surface area contributed by atoms with Crippen molar-refractivity contribution < 1.29 is 19.5 Å². The first-order chi connectivity index (χ1) is 8.02. The Bertz CT molecular complexity index is 430. The molecular formula is C10H11N3O4. The minimum Gasteiger partial charge on any atom is -0.481 e. The van der Waals surface area contributed by atoms with Crippen molar-refractivity contribution in [3.8, 4) is 0 Å². The van der Waals surface area contributed by atoms with Crippen molar-refractivity contribution in [2.24, 2.45) is 0 Å². The van der Waals surface area contributed by atoms with Crippen LogP contribution in [0.2, 0.25) is 0 Å². The molecule has 0 fully saturated rings. The van der Waals surface area contributed by atoms with Crippen molar-refractivity contribution in [2.45, 2.75) is 12.5 Å². The molecule has 0 aliphatic heterocycles. The summed E-state index contributed by atoms with van der Waals surface area (Å²) in [6, 6.07) is 1.81. The standard InChI is InChI=1S/C10H11N3O4/c11-8-2-1-6(4-12-8)10(17)13-7(5-14)3-9(15)16/h1-2,4-5,7H,3H2,(H2,11,12)(H,13,17)(H,15,16)/t7-/m0/s1. The van der Waals surface area contributed by atoms with E-state index in [1.54, 1.807) is 0 Å². The number of hydrogen-bond donors (Lipinski definition) is 3. The molecule has 0 aromatic carbocycles. The van der Waals surface area contributed by atoms with Crippen LogP contribution in [-0.2, 0) is 9.59 Å². The van der Waals surface area contributed by atoms with E-state index in [4.69, 9.17) is 10.8 Å². The van der Waals surface area contributed by atoms with Crippen LogP contribution in [0.3, 0.4) is 0 Å². The number of nitrogens with two attached hydrogens (primary N) is 1. The van der Waals surface area contributed by atoms with Gasteiger partial charge in [0.05, 0.1) is 18.0 Å². The van der Waals surface area contributed by atoms with Gasteiger partial charge in [-0.1, -0.05) is 0 Å². The number of carboxylic acids is 1. The number of carbonyl (C=O) groups is 3. The SMILES string of the molecule is Nc1ccc(C(=O)N[C@H](C=O)CC(=O)O)cn1. The van der Waals surface area contributed by atoms with Gasteiger partial charge in [0, 0.05) is 6.20 Å². The molecule has 1 heterocycles. The van der Waals surface area contributed by atoms with Crippen molar-refractivity contribution in [2.75, 3.05) is 5.73 Å². The average Bonchev–Trinajstić information content (AvgIpc) is 2.28. The molecule has 1 amide bonds. The lowest BCUT2D eigenvalue weighted by Gasteiger charge is -2.10. The highest BCUT2D eigenvalue weighted by molar-refractivity contribution is 5.96. The minimum absolute atomic E-state index is 0.205. The normalized spacial score (nSPS) is 11.5. The van der Waals surface area contributed by atoms with Crippen molar-refractivity contribution >= 4 is 24.0 Å². The smallest absolute Gasteiger partial charge is 0.305 e. The van der Waals surface area contributed by atoms with Crippen LogP contribution in [0.4, 0.5) is 5.82 Å². The number of amides is 1. The number of aldehydes is 1. The summed E-state index contributed by atoms with van der Waals surface area (Å²) in [5.41, 5.74) is 5.55. The lowest BCUT2D eigenvalue weighted by atomic mass is 10.2. The van der Waals surface area contributed by atoms with Crippen LogP contribution in [0.25, 0.3) is 0 Å². The first kappa shape index (κ1) is 12.6. The molecule has 0 bridgehead atoms. The highest BCUT2D eigenvalue weighted by atomic mass is 16.4. The van der Waals surface area contributed by atoms with Gasteiger partial charge in [-0.15, -0.1) is 0 Å². The molecule has 1 rings (SSSR count). The predicted octanol–water partition coefficient (Wildman–Crippen LogP) is -0.564. The molecule has 4 N–H and O–H groups in total. The number of rotatable bonds is 5. The first-order valence-corrected chi connectivity index (χ1v) is 4.72. The number of nitrogens with zero attached hydrogens (tertiary/aromatic N) is 1. The highest BCUT2D eigenvalue weighted by Crippen LogP contribution is 2.02. The van der Waals surface area contributed by atoms with Gasteiger partial charge in [0.15, 0.2) is 0 Å². The van der Waals surface area contributed by atoms with Gasteiger partial charge >= 0.3 is 5.97 Å². The van der Waals surface area contributed by atoms with Gasteiger partial charge in [0.25, 0.3) is 5.91 Å². The maximum atomic E-state index is 11.6. The molecule has 17 heavy (non-hydrogen) atoms. The summed E-state index contributed by atoms with van der Waals surface area (Å²) in [6.45, 7) is 0. The molecule has 1 atom stereocenters. The van der Waals surface area contributed by atoms with E-state index in [-0.39, 0.29) is 11.4 Å². The van der Waals surface area contributed by atoms with Gasteiger partial charge in [-0.25, -0.2) is 4.98 Å². The third-order valence-corrected chi connectivity index (χ3v) is 1.92. The van der Waals surface area contributed by atoms with E-state index < -0.39 is 24.3 Å². The fourth-order valence-corrected chi connectivity index (χ4v) is 1.11. The molecule has 0 saturated heterocycles. The minimum atomic E-state index is -1.17. The number of pyridine rings is 1. The van der Waals surface area contributed by atoms with Gasteiger partial charge in [-0.05, 0) is 12.1 Å². The van der Waals surface area contributed by atoms with Crippen molar-refractivity contribution in [1.29, 1.82) is 0 Å². The fourth-order valence-electron chi connectivity index (χ4n) is 1.11. The second kappa shape index (κ2) is 5.59. The van der Waals surface area contributed by atoms with Crippen molar-refractivity contribution in [3.63, 3.8) is 0 Å². The van der Waals surface area contributed by atoms with E-state index in [0.29, 0.717) is 6.29 Å². The van der Waals surface area contributed by atoms with E-state index in [2.05, 4.69) is 10.3 Å². The Hall–Kier alpha value is -2.44. The monoisotopic (exact) mass is 237 g/mol. The molecule has 0 saturated carbocycles. The number of carboxylic acid groups (broad SMARTS) is 1. The van der Waals surface area contributed by atoms with Crippen LogP contribution in [0, 0.1) is 0 Å². The summed E-state index contributed by atoms with van der Waals surface area (Å²) in [7, 11) is 0. The van der Waals surface area contributed by atoms with E-state index in [9.17, 15) is 14.4 Å². The van der Waals surface area contributed by atoms with Gasteiger partial charge in [-0.2, -0.15) is 0 Å². The van der Waals surface area contributed by atoms with Gasteiger partial charge in [0.2, 0.25) is 0 Å². The van der Waals surface area contributed by atoms with E-state index >= 15 is 0 Å². The number of nitrogen functional groups attached to an aromatic ring is 1. The molecule has 0 radical (unpaired) electrons. The Morgan fingerprint density at radius 1 is 1.53 bits per heavy atom. The van der Waals surface area contributed by atoms with Gasteiger partial charge in [0.1, 0.15) is 12.1 Å². The zero-order valence-electron chi connectivity index (χ0n) is 8.79. The van der Waals surface area contributed by atoms with Crippen LogP contribution in [-0.4, -0.2) is 34.3 Å². The lowest BCUT2D eigenvalue weighted by molar-refractivity contribution is -0.138. The van der Waals surface area contributed by atoms with Crippen LogP contribution in [0.1, 0.15) is 16.8 Å². The topological polar surface area (TPSA) is 122 Å². The van der Waals surface area contributed by atoms with Crippen molar-refractivity contribution in [1.82, 2.24) is 10.3 Å². The molecule has 1 aromatic heterocycles. The Balaban J connectivity index is 2.67. The maximum absolute atomic E-state index is 11.6. The predicted molar refractivity (Wildman–Crippen MR) is 58.2 cm³/mol. The van der Waals surface area contributed by atoms with Crippen LogP contribution in [0.5, 0.6) is 0 Å². The maximum Gasteiger partial charge on any atom is 0.305 e. The quantitative estimate of drug-likeness (QED) is 0.590. The number of carbonyl (C=O) groups excluding carboxylic acids is 2. The highest BCUT2D eigenvalue weighted by Gasteiger charge is 2.16. The van der Waals surface area contributed by atoms with Gasteiger partial charge < -0.3 is 21.0 Å². The summed E-state index contributed by atoms with van der Waals surface area (Å²) in [6.07, 6.45) is 1.15. The first-order valence-electron chi connectivity index (χ1n) is 4.72. The molecule has 0 aliphatic rings. The second-order valence-corrected chi connectivity index (χ2v) is 3.29. The van der Waals surface area contributed by atoms with Crippen molar-refractivity contribution in [3.05, 3.63) is 23.9 Å². The van der Waals surface area contributed by atoms with E-state index in [1.165, 1.54) is 18.3 Å². The van der Waals surface area contributed by atoms with Crippen LogP contribution in [0.15, 0.2) is 18.3 Å². The number of aromatic nitrogens is 1. The van der Waals surface area contributed by atoms with Crippen LogP contribution >= 0.6 is 0 Å². The fraction of sp³-hybridized carbons (Fsp3) is 0.200. The summed E-state index contributed by atoms with van der Waals surface area (Å²) < 4.78 is 0. The van der Waals surface area contributed by atoms with Crippen LogP contribution < -0.4 is 11.1 Å². The van der Waals surface area contributed by atoms with Gasteiger partial charge in [-0.3, -0.25) is 9.59 Å². The van der Waals surface area contributed by atoms with E-state index in [0.717, 1.165) is 0 Å². The largest absolute Gasteiger partial charge is 0.481 e. The summed E-state index contributed by atoms with van der Waals surface area (Å²) in [5.74, 6) is -1.48.